The molecule has 1 saturated heterocycles. The van der Waals surface area contributed by atoms with Crippen LogP contribution in [0.2, 0.25) is 0 Å². The molecule has 1 saturated carbocycles. The van der Waals surface area contributed by atoms with Gasteiger partial charge >= 0.3 is 0 Å². The van der Waals surface area contributed by atoms with E-state index >= 15 is 0 Å². The highest BCUT2D eigenvalue weighted by molar-refractivity contribution is 7.99. The summed E-state index contributed by atoms with van der Waals surface area (Å²) in [5.41, 5.74) is 4.55. The van der Waals surface area contributed by atoms with Gasteiger partial charge in [0.05, 0.1) is 5.52 Å². The third kappa shape index (κ3) is 4.11. The van der Waals surface area contributed by atoms with E-state index in [4.69, 9.17) is 4.98 Å². The van der Waals surface area contributed by atoms with Gasteiger partial charge in [0.1, 0.15) is 12.4 Å². The summed E-state index contributed by atoms with van der Waals surface area (Å²) in [7, 11) is 0. The SMILES string of the molecule is Cc1cc(-c2nnc(NCC3CSCCN3)s2)nc2c(CF)cc(C3CC3)cc12. The second-order valence-electron chi connectivity index (χ2n) is 7.83. The molecule has 0 radical (unpaired) electrons. The maximum atomic E-state index is 13.8. The van der Waals surface area contributed by atoms with Crippen molar-refractivity contribution in [3.8, 4) is 10.7 Å². The van der Waals surface area contributed by atoms with Crippen LogP contribution >= 0.6 is 23.1 Å². The van der Waals surface area contributed by atoms with Crippen molar-refractivity contribution in [3.05, 3.63) is 34.9 Å². The molecule has 1 aliphatic heterocycles. The molecule has 3 heterocycles. The Kier molecular flexibility index (Phi) is 5.41. The lowest BCUT2D eigenvalue weighted by molar-refractivity contribution is 0.487. The molecule has 2 aromatic heterocycles. The molecule has 0 bridgehead atoms. The summed E-state index contributed by atoms with van der Waals surface area (Å²) in [5, 5.41) is 18.1. The number of halogens is 1. The third-order valence-electron chi connectivity index (χ3n) is 5.56. The van der Waals surface area contributed by atoms with Crippen LogP contribution in [-0.2, 0) is 6.67 Å². The van der Waals surface area contributed by atoms with Gasteiger partial charge in [-0.25, -0.2) is 9.37 Å². The van der Waals surface area contributed by atoms with Gasteiger partial charge in [0.2, 0.25) is 5.13 Å². The lowest BCUT2D eigenvalue weighted by Gasteiger charge is -2.22. The summed E-state index contributed by atoms with van der Waals surface area (Å²) in [6.07, 6.45) is 2.41. The molecular formula is C21H24FN5S2. The number of thioether (sulfide) groups is 1. The molecule has 0 spiro atoms. The summed E-state index contributed by atoms with van der Waals surface area (Å²) in [6.45, 7) is 3.46. The van der Waals surface area contributed by atoms with Crippen LogP contribution in [0.5, 0.6) is 0 Å². The van der Waals surface area contributed by atoms with Gasteiger partial charge < -0.3 is 10.6 Å². The number of fused-ring (bicyclic) bond motifs is 1. The Morgan fingerprint density at radius 1 is 1.24 bits per heavy atom. The van der Waals surface area contributed by atoms with Crippen LogP contribution in [0.3, 0.4) is 0 Å². The maximum Gasteiger partial charge on any atom is 0.206 e. The van der Waals surface area contributed by atoms with Gasteiger partial charge in [0.25, 0.3) is 0 Å². The quantitative estimate of drug-likeness (QED) is 0.600. The molecule has 5 rings (SSSR count). The number of nitrogens with zero attached hydrogens (tertiary/aromatic N) is 3. The van der Waals surface area contributed by atoms with Crippen molar-refractivity contribution in [2.45, 2.75) is 38.4 Å². The normalized spacial score (nSPS) is 19.6. The van der Waals surface area contributed by atoms with Crippen molar-refractivity contribution < 1.29 is 4.39 Å². The van der Waals surface area contributed by atoms with Crippen LogP contribution in [0.25, 0.3) is 21.6 Å². The Hall–Kier alpha value is -1.77. The average Bonchev–Trinajstić information content (AvgIpc) is 3.50. The molecular weight excluding hydrogens is 405 g/mol. The maximum absolute atomic E-state index is 13.8. The van der Waals surface area contributed by atoms with Crippen LogP contribution in [0.4, 0.5) is 9.52 Å². The zero-order chi connectivity index (χ0) is 19.8. The first-order chi connectivity index (χ1) is 14.2. The molecule has 2 aliphatic rings. The summed E-state index contributed by atoms with van der Waals surface area (Å²) >= 11 is 3.48. The van der Waals surface area contributed by atoms with Crippen LogP contribution in [0.15, 0.2) is 18.2 Å². The van der Waals surface area contributed by atoms with E-state index in [-0.39, 0.29) is 0 Å². The largest absolute Gasteiger partial charge is 0.358 e. The molecule has 1 atom stereocenters. The van der Waals surface area contributed by atoms with Crippen LogP contribution in [0.1, 0.15) is 35.4 Å². The summed E-state index contributed by atoms with van der Waals surface area (Å²) in [4.78, 5) is 4.79. The second kappa shape index (κ2) is 8.16. The standard InChI is InChI=1S/C21H24FN5S2/c1-12-6-18(20-26-27-21(29-20)24-10-16-11-28-5-4-23-16)25-19-15(9-22)7-14(8-17(12)19)13-2-3-13/h6-8,13,16,23H,2-5,9-11H2,1H3,(H,24,27). The summed E-state index contributed by atoms with van der Waals surface area (Å²) in [5.74, 6) is 2.88. The fourth-order valence-electron chi connectivity index (χ4n) is 3.81. The van der Waals surface area contributed by atoms with E-state index in [1.165, 1.54) is 35.5 Å². The van der Waals surface area contributed by atoms with E-state index in [0.717, 1.165) is 51.1 Å². The molecule has 1 aromatic carbocycles. The fraction of sp³-hybridized carbons (Fsp3) is 0.476. The highest BCUT2D eigenvalue weighted by Gasteiger charge is 2.25. The number of hydrogen-bond acceptors (Lipinski definition) is 7. The van der Waals surface area contributed by atoms with Gasteiger partial charge in [-0.05, 0) is 48.9 Å². The lowest BCUT2D eigenvalue weighted by Crippen LogP contribution is -2.42. The van der Waals surface area contributed by atoms with Crippen molar-refractivity contribution in [2.75, 3.05) is 29.9 Å². The number of aromatic nitrogens is 3. The first-order valence-electron chi connectivity index (χ1n) is 10.1. The Bertz CT molecular complexity index is 1030. The van der Waals surface area contributed by atoms with Gasteiger partial charge in [-0.15, -0.1) is 10.2 Å². The molecule has 0 amide bonds. The number of benzene rings is 1. The van der Waals surface area contributed by atoms with Crippen molar-refractivity contribution in [1.29, 1.82) is 0 Å². The van der Waals surface area contributed by atoms with Crippen LogP contribution < -0.4 is 10.6 Å². The first-order valence-corrected chi connectivity index (χ1v) is 12.1. The Morgan fingerprint density at radius 2 is 2.14 bits per heavy atom. The van der Waals surface area contributed by atoms with Crippen LogP contribution in [-0.4, -0.2) is 45.8 Å². The Morgan fingerprint density at radius 3 is 2.90 bits per heavy atom. The van der Waals surface area contributed by atoms with Gasteiger partial charge in [0.15, 0.2) is 5.01 Å². The number of alkyl halides is 1. The van der Waals surface area contributed by atoms with Crippen LogP contribution in [0, 0.1) is 6.92 Å². The van der Waals surface area contributed by atoms with E-state index in [0.29, 0.717) is 17.5 Å². The van der Waals surface area contributed by atoms with Crippen molar-refractivity contribution in [1.82, 2.24) is 20.5 Å². The minimum atomic E-state index is -0.498. The molecule has 8 heteroatoms. The van der Waals surface area contributed by atoms with Gasteiger partial charge in [0, 0.05) is 41.6 Å². The molecule has 3 aromatic rings. The molecule has 1 unspecified atom stereocenters. The monoisotopic (exact) mass is 429 g/mol. The topological polar surface area (TPSA) is 62.7 Å². The van der Waals surface area contributed by atoms with E-state index < -0.39 is 6.67 Å². The summed E-state index contributed by atoms with van der Waals surface area (Å²) < 4.78 is 13.8. The number of rotatable bonds is 6. The smallest absolute Gasteiger partial charge is 0.206 e. The van der Waals surface area contributed by atoms with Crippen molar-refractivity contribution in [2.24, 2.45) is 0 Å². The molecule has 2 N–H and O–H groups in total. The zero-order valence-corrected chi connectivity index (χ0v) is 18.0. The fourth-order valence-corrected chi connectivity index (χ4v) is 5.47. The van der Waals surface area contributed by atoms with E-state index in [2.05, 4.69) is 33.8 Å². The first kappa shape index (κ1) is 19.2. The molecule has 5 nitrogen and oxygen atoms in total. The predicted octanol–water partition coefficient (Wildman–Crippen LogP) is 4.53. The number of hydrogen-bond donors (Lipinski definition) is 2. The van der Waals surface area contributed by atoms with Crippen molar-refractivity contribution >= 4 is 39.1 Å². The minimum Gasteiger partial charge on any atom is -0.358 e. The molecule has 2 fully saturated rings. The number of aryl methyl sites for hydroxylation is 1. The predicted molar refractivity (Wildman–Crippen MR) is 120 cm³/mol. The Labute approximate surface area is 177 Å². The average molecular weight is 430 g/mol. The minimum absolute atomic E-state index is 0.454. The number of anilines is 1. The lowest BCUT2D eigenvalue weighted by atomic mass is 9.99. The van der Waals surface area contributed by atoms with E-state index in [9.17, 15) is 4.39 Å². The molecule has 152 valence electrons. The van der Waals surface area contributed by atoms with Gasteiger partial charge in [-0.3, -0.25) is 0 Å². The highest BCUT2D eigenvalue weighted by atomic mass is 32.2. The summed E-state index contributed by atoms with van der Waals surface area (Å²) in [6, 6.07) is 6.69. The van der Waals surface area contributed by atoms with E-state index in [1.807, 2.05) is 23.9 Å². The highest BCUT2D eigenvalue weighted by Crippen LogP contribution is 2.42. The van der Waals surface area contributed by atoms with Crippen molar-refractivity contribution in [3.63, 3.8) is 0 Å². The second-order valence-corrected chi connectivity index (χ2v) is 9.96. The number of nitrogens with one attached hydrogen (secondary N) is 2. The third-order valence-corrected chi connectivity index (χ3v) is 7.59. The Balaban J connectivity index is 1.41. The van der Waals surface area contributed by atoms with E-state index in [1.54, 1.807) is 0 Å². The molecule has 29 heavy (non-hydrogen) atoms. The van der Waals surface area contributed by atoms with Gasteiger partial charge in [-0.2, -0.15) is 11.8 Å². The zero-order valence-electron chi connectivity index (χ0n) is 16.4. The van der Waals surface area contributed by atoms with Gasteiger partial charge in [-0.1, -0.05) is 17.4 Å². The number of pyridine rings is 1. The molecule has 1 aliphatic carbocycles.